The van der Waals surface area contributed by atoms with Crippen LogP contribution in [0.1, 0.15) is 32.1 Å². The molecule has 0 amide bonds. The molecule has 1 saturated carbocycles. The van der Waals surface area contributed by atoms with E-state index >= 15 is 0 Å². The normalized spacial score (nSPS) is 33.5. The predicted molar refractivity (Wildman–Crippen MR) is 70.3 cm³/mol. The zero-order valence-electron chi connectivity index (χ0n) is 10.5. The van der Waals surface area contributed by atoms with Crippen molar-refractivity contribution in [2.24, 2.45) is 5.92 Å². The highest BCUT2D eigenvalue weighted by atomic mass is 32.2. The van der Waals surface area contributed by atoms with Crippen molar-refractivity contribution in [3.05, 3.63) is 0 Å². The Hall–Kier alpha value is 0.230. The van der Waals surface area contributed by atoms with E-state index in [1.165, 1.54) is 37.3 Å². The van der Waals surface area contributed by atoms with Crippen molar-refractivity contribution in [1.29, 1.82) is 0 Å². The molecule has 1 N–H and O–H groups in total. The van der Waals surface area contributed by atoms with Crippen LogP contribution in [-0.4, -0.2) is 43.1 Å². The number of nitrogens with one attached hydrogen (secondary N) is 1. The summed E-state index contributed by atoms with van der Waals surface area (Å²) in [4.78, 5) is 0. The molecule has 1 aliphatic carbocycles. The number of hydrogen-bond acceptors (Lipinski definition) is 4. The van der Waals surface area contributed by atoms with Gasteiger partial charge in [0, 0.05) is 18.9 Å². The van der Waals surface area contributed by atoms with Crippen molar-refractivity contribution < 1.29 is 9.47 Å². The fourth-order valence-electron chi connectivity index (χ4n) is 3.13. The maximum atomic E-state index is 5.75. The van der Waals surface area contributed by atoms with Crippen LogP contribution in [-0.2, 0) is 9.47 Å². The fourth-order valence-corrected chi connectivity index (χ4v) is 4.41. The molecular formula is C13H23NO2S. The molecule has 3 rings (SSSR count). The molecule has 0 aromatic rings. The van der Waals surface area contributed by atoms with Crippen LogP contribution in [0.15, 0.2) is 0 Å². The SMILES string of the molecule is C1COC2(CCC(NCC3CCSC3)CC2)O1. The second-order valence-corrected chi connectivity index (χ2v) is 6.67. The highest BCUT2D eigenvalue weighted by Crippen LogP contribution is 2.35. The van der Waals surface area contributed by atoms with Crippen LogP contribution in [0.2, 0.25) is 0 Å². The fraction of sp³-hybridized carbons (Fsp3) is 1.00. The Kier molecular flexibility index (Phi) is 3.95. The second-order valence-electron chi connectivity index (χ2n) is 5.52. The minimum absolute atomic E-state index is 0.193. The standard InChI is InChI=1S/C13H23NO2S/c1-4-13(15-6-7-16-13)5-2-12(1)14-9-11-3-8-17-10-11/h11-12,14H,1-10H2. The van der Waals surface area contributed by atoms with Crippen molar-refractivity contribution in [3.8, 4) is 0 Å². The van der Waals surface area contributed by atoms with E-state index in [0.29, 0.717) is 6.04 Å². The van der Waals surface area contributed by atoms with Crippen LogP contribution in [0.3, 0.4) is 0 Å². The third-order valence-corrected chi connectivity index (χ3v) is 5.51. The molecule has 2 saturated heterocycles. The summed E-state index contributed by atoms with van der Waals surface area (Å²) in [5, 5.41) is 3.75. The van der Waals surface area contributed by atoms with E-state index in [4.69, 9.17) is 9.47 Å². The van der Waals surface area contributed by atoms with Crippen molar-refractivity contribution in [3.63, 3.8) is 0 Å². The summed E-state index contributed by atoms with van der Waals surface area (Å²) < 4.78 is 11.5. The van der Waals surface area contributed by atoms with E-state index in [1.54, 1.807) is 0 Å². The topological polar surface area (TPSA) is 30.5 Å². The average molecular weight is 257 g/mol. The Morgan fingerprint density at radius 3 is 2.53 bits per heavy atom. The maximum Gasteiger partial charge on any atom is 0.168 e. The Morgan fingerprint density at radius 1 is 1.12 bits per heavy atom. The van der Waals surface area contributed by atoms with Crippen molar-refractivity contribution in [1.82, 2.24) is 5.32 Å². The minimum Gasteiger partial charge on any atom is -0.348 e. The molecule has 2 aliphatic heterocycles. The van der Waals surface area contributed by atoms with E-state index in [-0.39, 0.29) is 5.79 Å². The van der Waals surface area contributed by atoms with Crippen LogP contribution in [0.4, 0.5) is 0 Å². The van der Waals surface area contributed by atoms with Gasteiger partial charge in [-0.2, -0.15) is 11.8 Å². The molecule has 0 aromatic carbocycles. The monoisotopic (exact) mass is 257 g/mol. The van der Waals surface area contributed by atoms with Gasteiger partial charge in [-0.3, -0.25) is 0 Å². The molecule has 2 heterocycles. The minimum atomic E-state index is -0.193. The van der Waals surface area contributed by atoms with Crippen molar-refractivity contribution in [2.75, 3.05) is 31.3 Å². The molecule has 4 heteroatoms. The second kappa shape index (κ2) is 5.47. The Labute approximate surface area is 108 Å². The molecular weight excluding hydrogens is 234 g/mol. The van der Waals surface area contributed by atoms with E-state index < -0.39 is 0 Å². The Balaban J connectivity index is 1.39. The molecule has 3 nitrogen and oxygen atoms in total. The molecule has 0 bridgehead atoms. The lowest BCUT2D eigenvalue weighted by atomic mass is 9.89. The van der Waals surface area contributed by atoms with Crippen molar-refractivity contribution >= 4 is 11.8 Å². The van der Waals surface area contributed by atoms with Gasteiger partial charge in [0.1, 0.15) is 0 Å². The van der Waals surface area contributed by atoms with E-state index in [9.17, 15) is 0 Å². The lowest BCUT2D eigenvalue weighted by Gasteiger charge is -2.36. The zero-order chi connectivity index (χ0) is 11.6. The summed E-state index contributed by atoms with van der Waals surface area (Å²) in [5.41, 5.74) is 0. The molecule has 1 atom stereocenters. The number of hydrogen-bond donors (Lipinski definition) is 1. The molecule has 0 aromatic heterocycles. The highest BCUT2D eigenvalue weighted by Gasteiger charge is 2.40. The van der Waals surface area contributed by atoms with Gasteiger partial charge in [-0.25, -0.2) is 0 Å². The van der Waals surface area contributed by atoms with Gasteiger partial charge in [-0.15, -0.1) is 0 Å². The summed E-state index contributed by atoms with van der Waals surface area (Å²) in [6.07, 6.45) is 5.97. The smallest absolute Gasteiger partial charge is 0.168 e. The molecule has 3 aliphatic rings. The van der Waals surface area contributed by atoms with Crippen LogP contribution in [0.5, 0.6) is 0 Å². The highest BCUT2D eigenvalue weighted by molar-refractivity contribution is 7.99. The summed E-state index contributed by atoms with van der Waals surface area (Å²) in [7, 11) is 0. The lowest BCUT2D eigenvalue weighted by Crippen LogP contribution is -2.43. The van der Waals surface area contributed by atoms with E-state index in [0.717, 1.165) is 32.0 Å². The largest absolute Gasteiger partial charge is 0.348 e. The van der Waals surface area contributed by atoms with E-state index in [2.05, 4.69) is 17.1 Å². The average Bonchev–Trinajstić information content (AvgIpc) is 3.01. The molecule has 0 radical (unpaired) electrons. The van der Waals surface area contributed by atoms with Gasteiger partial charge in [0.25, 0.3) is 0 Å². The van der Waals surface area contributed by atoms with Gasteiger partial charge in [0.05, 0.1) is 13.2 Å². The van der Waals surface area contributed by atoms with Crippen LogP contribution < -0.4 is 5.32 Å². The van der Waals surface area contributed by atoms with Crippen molar-refractivity contribution in [2.45, 2.75) is 43.9 Å². The summed E-state index contributed by atoms with van der Waals surface area (Å²) in [6.45, 7) is 2.79. The van der Waals surface area contributed by atoms with Crippen LogP contribution in [0.25, 0.3) is 0 Å². The first-order chi connectivity index (χ1) is 8.36. The quantitative estimate of drug-likeness (QED) is 0.838. The molecule has 3 fully saturated rings. The Bertz CT molecular complexity index is 237. The molecule has 1 unspecified atom stereocenters. The van der Waals surface area contributed by atoms with Gasteiger partial charge in [0.15, 0.2) is 5.79 Å². The molecule has 17 heavy (non-hydrogen) atoms. The van der Waals surface area contributed by atoms with Gasteiger partial charge < -0.3 is 14.8 Å². The van der Waals surface area contributed by atoms with Gasteiger partial charge >= 0.3 is 0 Å². The third kappa shape index (κ3) is 2.98. The Morgan fingerprint density at radius 2 is 1.88 bits per heavy atom. The number of thioether (sulfide) groups is 1. The molecule has 98 valence electrons. The summed E-state index contributed by atoms with van der Waals surface area (Å²) >= 11 is 2.10. The summed E-state index contributed by atoms with van der Waals surface area (Å²) in [6, 6.07) is 0.694. The first-order valence-corrected chi connectivity index (χ1v) is 8.11. The van der Waals surface area contributed by atoms with Crippen LogP contribution in [0, 0.1) is 5.92 Å². The zero-order valence-corrected chi connectivity index (χ0v) is 11.3. The maximum absolute atomic E-state index is 5.75. The number of ether oxygens (including phenoxy) is 2. The van der Waals surface area contributed by atoms with Crippen LogP contribution >= 0.6 is 11.8 Å². The first-order valence-electron chi connectivity index (χ1n) is 6.95. The number of rotatable bonds is 3. The summed E-state index contributed by atoms with van der Waals surface area (Å²) in [5.74, 6) is 3.44. The van der Waals surface area contributed by atoms with Gasteiger partial charge in [-0.05, 0) is 43.2 Å². The molecule has 1 spiro atoms. The third-order valence-electron chi connectivity index (χ3n) is 4.28. The van der Waals surface area contributed by atoms with Gasteiger partial charge in [-0.1, -0.05) is 0 Å². The van der Waals surface area contributed by atoms with E-state index in [1.807, 2.05) is 0 Å². The predicted octanol–water partition coefficient (Wildman–Crippen LogP) is 2.01. The van der Waals surface area contributed by atoms with Gasteiger partial charge in [0.2, 0.25) is 0 Å². The lowest BCUT2D eigenvalue weighted by molar-refractivity contribution is -0.179. The first kappa shape index (κ1) is 12.3.